The van der Waals surface area contributed by atoms with Crippen molar-refractivity contribution >= 4 is 17.5 Å². The second-order valence-electron chi connectivity index (χ2n) is 6.55. The van der Waals surface area contributed by atoms with Crippen molar-refractivity contribution in [1.82, 2.24) is 10.6 Å². The lowest BCUT2D eigenvalue weighted by Gasteiger charge is -2.45. The zero-order valence-corrected chi connectivity index (χ0v) is 14.9. The number of phenolic OH excluding ortho intramolecular Hbond substituents is 1. The molecule has 158 valence electrons. The van der Waals surface area contributed by atoms with E-state index in [1.54, 1.807) is 0 Å². The second-order valence-corrected chi connectivity index (χ2v) is 6.55. The summed E-state index contributed by atoms with van der Waals surface area (Å²) in [7, 11) is 0. The van der Waals surface area contributed by atoms with Crippen LogP contribution in [0.5, 0.6) is 5.75 Å². The number of ketones is 1. The molecule has 2 aromatic rings. The molecule has 30 heavy (non-hydrogen) atoms. The molecule has 1 fully saturated rings. The number of Topliss-reactive ketones (excluding diaryl/α,β-unsaturated/α-hetero) is 1. The van der Waals surface area contributed by atoms with E-state index in [9.17, 15) is 43.1 Å². The number of hydrogen-bond donors (Lipinski definition) is 4. The van der Waals surface area contributed by atoms with Gasteiger partial charge in [0.2, 0.25) is 5.72 Å². The number of nitrogens with zero attached hydrogens (tertiary/aromatic N) is 1. The van der Waals surface area contributed by atoms with Gasteiger partial charge in [0, 0.05) is 23.3 Å². The Balaban J connectivity index is 2.23. The molecule has 1 aliphatic heterocycles. The zero-order chi connectivity index (χ0) is 22.3. The summed E-state index contributed by atoms with van der Waals surface area (Å²) >= 11 is 0. The first-order valence-corrected chi connectivity index (χ1v) is 8.40. The highest BCUT2D eigenvalue weighted by molar-refractivity contribution is 6.00. The average molecular weight is 425 g/mol. The van der Waals surface area contributed by atoms with Crippen LogP contribution in [0, 0.1) is 16.0 Å². The van der Waals surface area contributed by atoms with E-state index in [1.807, 2.05) is 0 Å². The third-order valence-electron chi connectivity index (χ3n) is 4.70. The van der Waals surface area contributed by atoms with Crippen LogP contribution in [0.15, 0.2) is 48.5 Å². The number of amides is 2. The van der Waals surface area contributed by atoms with Gasteiger partial charge in [-0.1, -0.05) is 30.3 Å². The Kier molecular flexibility index (Phi) is 5.12. The van der Waals surface area contributed by atoms with E-state index in [1.165, 1.54) is 35.6 Å². The van der Waals surface area contributed by atoms with Gasteiger partial charge >= 0.3 is 12.2 Å². The lowest BCUT2D eigenvalue weighted by molar-refractivity contribution is -0.385. The first-order valence-electron chi connectivity index (χ1n) is 8.40. The maximum atomic E-state index is 13.8. The summed E-state index contributed by atoms with van der Waals surface area (Å²) < 4.78 is 41.4. The van der Waals surface area contributed by atoms with Crippen LogP contribution in [-0.2, 0) is 0 Å². The molecule has 0 bridgehead atoms. The Morgan fingerprint density at radius 1 is 1.17 bits per heavy atom. The van der Waals surface area contributed by atoms with Gasteiger partial charge in [0.15, 0.2) is 5.78 Å². The summed E-state index contributed by atoms with van der Waals surface area (Å²) in [5.41, 5.74) is -5.35. The zero-order valence-electron chi connectivity index (χ0n) is 14.9. The van der Waals surface area contributed by atoms with E-state index < -0.39 is 57.6 Å². The summed E-state index contributed by atoms with van der Waals surface area (Å²) in [5, 5.41) is 35.0. The number of carbonyl (C=O) groups excluding carboxylic acids is 2. The van der Waals surface area contributed by atoms with Gasteiger partial charge in [-0.15, -0.1) is 0 Å². The average Bonchev–Trinajstić information content (AvgIpc) is 2.67. The Hall–Kier alpha value is -3.67. The van der Waals surface area contributed by atoms with Crippen molar-refractivity contribution in [1.29, 1.82) is 0 Å². The number of nitro groups is 1. The number of alkyl halides is 3. The number of carbonyl (C=O) groups is 2. The van der Waals surface area contributed by atoms with Gasteiger partial charge in [0.05, 0.1) is 11.0 Å². The molecule has 4 N–H and O–H groups in total. The number of rotatable bonds is 4. The van der Waals surface area contributed by atoms with Crippen molar-refractivity contribution < 1.29 is 37.9 Å². The van der Waals surface area contributed by atoms with Gasteiger partial charge in [0.25, 0.3) is 5.69 Å². The summed E-state index contributed by atoms with van der Waals surface area (Å²) in [5.74, 6) is -4.33. The third-order valence-corrected chi connectivity index (χ3v) is 4.70. The van der Waals surface area contributed by atoms with Crippen LogP contribution in [-0.4, -0.2) is 38.9 Å². The van der Waals surface area contributed by atoms with Crippen LogP contribution >= 0.6 is 0 Å². The number of nitro benzene ring substituents is 1. The highest BCUT2D eigenvalue weighted by Crippen LogP contribution is 2.46. The standard InChI is InChI=1S/C18H14F3N3O6/c19-18(20,21)17(28)13(15(26)9-4-2-1-3-5-9)14(22-16(27)23-17)11-8-10(24(29)30)6-7-12(11)25/h1-8,13-14,25,28H,(H2,22,23,27)/t13-,14-,17-/m1/s1. The number of nitrogens with one attached hydrogen (secondary N) is 2. The molecule has 0 spiro atoms. The number of halogens is 3. The Morgan fingerprint density at radius 2 is 1.80 bits per heavy atom. The fourth-order valence-electron chi connectivity index (χ4n) is 3.28. The quantitative estimate of drug-likeness (QED) is 0.337. The van der Waals surface area contributed by atoms with Gasteiger partial charge in [-0.25, -0.2) is 4.79 Å². The molecule has 1 saturated heterocycles. The van der Waals surface area contributed by atoms with Crippen molar-refractivity contribution in [2.75, 3.05) is 0 Å². The van der Waals surface area contributed by atoms with E-state index in [0.29, 0.717) is 0 Å². The molecule has 12 heteroatoms. The second kappa shape index (κ2) is 7.30. The molecule has 2 amide bonds. The SMILES string of the molecule is O=C1N[C@H](c2cc([N+](=O)[O-])ccc2O)[C@H](C(=O)c2ccccc2)[C@@](O)(C(F)(F)F)N1. The predicted molar refractivity (Wildman–Crippen MR) is 94.4 cm³/mol. The minimum Gasteiger partial charge on any atom is -0.508 e. The first-order chi connectivity index (χ1) is 14.0. The maximum absolute atomic E-state index is 13.8. The molecule has 9 nitrogen and oxygen atoms in total. The number of non-ortho nitro benzene ring substituents is 1. The molecular formula is C18H14F3N3O6. The summed E-state index contributed by atoms with van der Waals surface area (Å²) in [6.07, 6.45) is -5.49. The van der Waals surface area contributed by atoms with Crippen molar-refractivity contribution in [2.45, 2.75) is 17.9 Å². The van der Waals surface area contributed by atoms with Crippen molar-refractivity contribution in [3.63, 3.8) is 0 Å². The molecule has 0 aliphatic carbocycles. The van der Waals surface area contributed by atoms with Crippen LogP contribution in [0.2, 0.25) is 0 Å². The topological polar surface area (TPSA) is 142 Å². The van der Waals surface area contributed by atoms with Gasteiger partial charge in [-0.3, -0.25) is 14.9 Å². The number of phenols is 1. The van der Waals surface area contributed by atoms with Gasteiger partial charge in [0.1, 0.15) is 11.7 Å². The van der Waals surface area contributed by atoms with E-state index in [2.05, 4.69) is 5.32 Å². The molecule has 0 saturated carbocycles. The third kappa shape index (κ3) is 3.52. The van der Waals surface area contributed by atoms with E-state index in [0.717, 1.165) is 18.2 Å². The van der Waals surface area contributed by atoms with Crippen molar-refractivity contribution in [3.8, 4) is 5.75 Å². The van der Waals surface area contributed by atoms with Gasteiger partial charge in [-0.05, 0) is 6.07 Å². The number of hydrogen-bond acceptors (Lipinski definition) is 6. The van der Waals surface area contributed by atoms with Crippen molar-refractivity contribution in [3.05, 3.63) is 69.8 Å². The summed E-state index contributed by atoms with van der Waals surface area (Å²) in [4.78, 5) is 35.1. The highest BCUT2D eigenvalue weighted by atomic mass is 19.4. The largest absolute Gasteiger partial charge is 0.508 e. The monoisotopic (exact) mass is 425 g/mol. The minimum absolute atomic E-state index is 0.210. The molecule has 0 aromatic heterocycles. The first kappa shape index (κ1) is 21.0. The van der Waals surface area contributed by atoms with Crippen LogP contribution < -0.4 is 10.6 Å². The molecule has 2 aromatic carbocycles. The van der Waals surface area contributed by atoms with Gasteiger partial charge in [-0.2, -0.15) is 13.2 Å². The van der Waals surface area contributed by atoms with Crippen LogP contribution in [0.4, 0.5) is 23.7 Å². The fourth-order valence-corrected chi connectivity index (χ4v) is 3.28. The molecule has 0 radical (unpaired) electrons. The van der Waals surface area contributed by atoms with Gasteiger partial charge < -0.3 is 20.8 Å². The number of aromatic hydroxyl groups is 1. The Labute approximate surface area is 166 Å². The van der Waals surface area contributed by atoms with Crippen LogP contribution in [0.1, 0.15) is 22.0 Å². The lowest BCUT2D eigenvalue weighted by Crippen LogP contribution is -2.72. The molecular weight excluding hydrogens is 411 g/mol. The molecule has 1 heterocycles. The van der Waals surface area contributed by atoms with Crippen LogP contribution in [0.25, 0.3) is 0 Å². The number of urea groups is 1. The normalized spacial score (nSPS) is 23.9. The highest BCUT2D eigenvalue weighted by Gasteiger charge is 2.66. The van der Waals surface area contributed by atoms with E-state index in [-0.39, 0.29) is 5.56 Å². The number of benzene rings is 2. The van der Waals surface area contributed by atoms with E-state index in [4.69, 9.17) is 0 Å². The lowest BCUT2D eigenvalue weighted by atomic mass is 9.77. The smallest absolute Gasteiger partial charge is 0.437 e. The molecule has 1 aliphatic rings. The van der Waals surface area contributed by atoms with Crippen LogP contribution in [0.3, 0.4) is 0 Å². The minimum atomic E-state index is -5.49. The summed E-state index contributed by atoms with van der Waals surface area (Å²) in [6, 6.07) is 5.75. The fraction of sp³-hybridized carbons (Fsp3) is 0.222. The van der Waals surface area contributed by atoms with Crippen molar-refractivity contribution in [2.24, 2.45) is 5.92 Å². The Bertz CT molecular complexity index is 1010. The predicted octanol–water partition coefficient (Wildman–Crippen LogP) is 2.40. The molecule has 0 unspecified atom stereocenters. The molecule has 3 atom stereocenters. The Morgan fingerprint density at radius 3 is 2.37 bits per heavy atom. The number of aliphatic hydroxyl groups is 1. The maximum Gasteiger partial charge on any atom is 0.437 e. The summed E-state index contributed by atoms with van der Waals surface area (Å²) in [6.45, 7) is 0. The van der Waals surface area contributed by atoms with E-state index >= 15 is 0 Å². The molecule has 3 rings (SSSR count).